The molecule has 0 unspecified atom stereocenters. The van der Waals surface area contributed by atoms with Gasteiger partial charge in [0.1, 0.15) is 11.9 Å². The second-order valence-electron chi connectivity index (χ2n) is 8.31. The average molecular weight is 456 g/mol. The van der Waals surface area contributed by atoms with Crippen molar-refractivity contribution >= 4 is 5.82 Å². The van der Waals surface area contributed by atoms with Gasteiger partial charge in [0.25, 0.3) is 5.95 Å². The third-order valence-corrected chi connectivity index (χ3v) is 6.42. The number of rotatable bonds is 6. The molecular formula is C24H27F2N5O2. The molecule has 1 aliphatic carbocycles. The molecule has 9 heteroatoms. The van der Waals surface area contributed by atoms with E-state index < -0.39 is 12.1 Å². The Bertz CT molecular complexity index is 1110. The number of nitrogens with zero attached hydrogens (tertiary/aromatic N) is 5. The molecule has 0 aliphatic heterocycles. The molecule has 0 bridgehead atoms. The van der Waals surface area contributed by atoms with Crippen LogP contribution in [0.2, 0.25) is 0 Å². The Kier molecular flexibility index (Phi) is 6.67. The molecule has 0 amide bonds. The molecule has 2 heterocycles. The smallest absolute Gasteiger partial charge is 0.255 e. The van der Waals surface area contributed by atoms with Gasteiger partial charge in [0, 0.05) is 18.8 Å². The van der Waals surface area contributed by atoms with Gasteiger partial charge in [-0.1, -0.05) is 25.8 Å². The van der Waals surface area contributed by atoms with Gasteiger partial charge in [-0.2, -0.15) is 4.39 Å². The van der Waals surface area contributed by atoms with Crippen molar-refractivity contribution in [1.29, 1.82) is 0 Å². The molecule has 1 fully saturated rings. The third kappa shape index (κ3) is 4.58. The van der Waals surface area contributed by atoms with Crippen molar-refractivity contribution in [2.45, 2.75) is 44.8 Å². The maximum atomic E-state index is 14.9. The maximum Gasteiger partial charge on any atom is 0.255 e. The summed E-state index contributed by atoms with van der Waals surface area (Å²) in [6.45, 7) is 2.02. The molecule has 4 rings (SSSR count). The molecule has 1 aromatic carbocycles. The van der Waals surface area contributed by atoms with Crippen LogP contribution in [0.15, 0.2) is 36.7 Å². The molecule has 0 saturated heterocycles. The largest absolute Gasteiger partial charge is 0.507 e. The lowest BCUT2D eigenvalue weighted by atomic mass is 9.82. The molecule has 1 saturated carbocycles. The van der Waals surface area contributed by atoms with Gasteiger partial charge in [0.15, 0.2) is 17.4 Å². The number of alkyl halides is 1. The Balaban J connectivity index is 1.54. The number of pyridine rings is 1. The highest BCUT2D eigenvalue weighted by Crippen LogP contribution is 2.35. The van der Waals surface area contributed by atoms with Crippen LogP contribution in [0, 0.1) is 11.9 Å². The van der Waals surface area contributed by atoms with Crippen LogP contribution in [0.3, 0.4) is 0 Å². The van der Waals surface area contributed by atoms with Crippen molar-refractivity contribution in [3.63, 3.8) is 0 Å². The molecule has 3 atom stereocenters. The van der Waals surface area contributed by atoms with Crippen LogP contribution < -0.4 is 9.64 Å². The number of phenolic OH excluding ortho intramolecular Hbond substituents is 1. The lowest BCUT2D eigenvalue weighted by molar-refractivity contribution is 0.134. The minimum Gasteiger partial charge on any atom is -0.507 e. The van der Waals surface area contributed by atoms with Gasteiger partial charge in [0.05, 0.1) is 24.9 Å². The zero-order valence-corrected chi connectivity index (χ0v) is 18.9. The number of ether oxygens (including phenoxy) is 1. The SMILES string of the molecule is CC[C@@H]1CCC[C@H](N(C)c2cnc(-c3ccc(-c4cnc(F)c(OC)c4)cc3O)nn2)[C@@H]1F. The lowest BCUT2D eigenvalue weighted by Gasteiger charge is -2.38. The highest BCUT2D eigenvalue weighted by molar-refractivity contribution is 5.73. The van der Waals surface area contributed by atoms with E-state index in [4.69, 9.17) is 4.74 Å². The molecule has 3 aromatic rings. The molecule has 174 valence electrons. The summed E-state index contributed by atoms with van der Waals surface area (Å²) in [7, 11) is 3.18. The van der Waals surface area contributed by atoms with E-state index in [1.165, 1.54) is 25.4 Å². The normalized spacial score (nSPS) is 20.5. The van der Waals surface area contributed by atoms with Gasteiger partial charge >= 0.3 is 0 Å². The number of benzene rings is 1. The minimum absolute atomic E-state index is 0.0158. The van der Waals surface area contributed by atoms with E-state index in [2.05, 4.69) is 20.2 Å². The van der Waals surface area contributed by atoms with Crippen molar-refractivity contribution in [3.05, 3.63) is 42.6 Å². The molecule has 33 heavy (non-hydrogen) atoms. The lowest BCUT2D eigenvalue weighted by Crippen LogP contribution is -2.45. The van der Waals surface area contributed by atoms with Crippen molar-refractivity contribution in [2.75, 3.05) is 19.1 Å². The fourth-order valence-corrected chi connectivity index (χ4v) is 4.41. The summed E-state index contributed by atoms with van der Waals surface area (Å²) in [5.41, 5.74) is 1.61. The van der Waals surface area contributed by atoms with Crippen molar-refractivity contribution in [3.8, 4) is 34.0 Å². The van der Waals surface area contributed by atoms with Crippen LogP contribution in [0.5, 0.6) is 11.5 Å². The average Bonchev–Trinajstić information content (AvgIpc) is 2.84. The van der Waals surface area contributed by atoms with Gasteiger partial charge in [-0.05, 0) is 42.5 Å². The van der Waals surface area contributed by atoms with E-state index in [0.29, 0.717) is 22.5 Å². The van der Waals surface area contributed by atoms with E-state index >= 15 is 0 Å². The van der Waals surface area contributed by atoms with Crippen LogP contribution in [0.1, 0.15) is 32.6 Å². The Labute approximate surface area is 191 Å². The molecule has 1 aliphatic rings. The summed E-state index contributed by atoms with van der Waals surface area (Å²) in [5, 5.41) is 19.0. The number of aromatic hydroxyl groups is 1. The van der Waals surface area contributed by atoms with Gasteiger partial charge in [0.2, 0.25) is 0 Å². The predicted molar refractivity (Wildman–Crippen MR) is 121 cm³/mol. The van der Waals surface area contributed by atoms with Crippen molar-refractivity contribution < 1.29 is 18.6 Å². The summed E-state index contributed by atoms with van der Waals surface area (Å²) in [6.07, 6.45) is 5.50. The first-order chi connectivity index (χ1) is 15.9. The van der Waals surface area contributed by atoms with Crippen LogP contribution in [0.25, 0.3) is 22.5 Å². The molecule has 7 nitrogen and oxygen atoms in total. The molecule has 0 spiro atoms. The fraction of sp³-hybridized carbons (Fsp3) is 0.417. The first-order valence-electron chi connectivity index (χ1n) is 11.0. The zero-order valence-electron chi connectivity index (χ0n) is 18.9. The third-order valence-electron chi connectivity index (χ3n) is 6.42. The Morgan fingerprint density at radius 1 is 1.12 bits per heavy atom. The highest BCUT2D eigenvalue weighted by Gasteiger charge is 2.35. The summed E-state index contributed by atoms with van der Waals surface area (Å²) in [5.74, 6) is 0.0616. The first kappa shape index (κ1) is 22.8. The van der Waals surface area contributed by atoms with Crippen molar-refractivity contribution in [2.24, 2.45) is 5.92 Å². The van der Waals surface area contributed by atoms with E-state index in [0.717, 1.165) is 25.7 Å². The molecular weight excluding hydrogens is 428 g/mol. The van der Waals surface area contributed by atoms with Crippen molar-refractivity contribution in [1.82, 2.24) is 20.2 Å². The number of hydrogen-bond donors (Lipinski definition) is 1. The quantitative estimate of drug-likeness (QED) is 0.534. The molecule has 2 aromatic heterocycles. The van der Waals surface area contributed by atoms with Crippen LogP contribution in [-0.4, -0.2) is 51.6 Å². The van der Waals surface area contributed by atoms with E-state index in [1.807, 2.05) is 18.9 Å². The maximum absolute atomic E-state index is 14.9. The number of hydrogen-bond acceptors (Lipinski definition) is 7. The first-order valence-corrected chi connectivity index (χ1v) is 11.0. The second-order valence-corrected chi connectivity index (χ2v) is 8.31. The standard InChI is InChI=1S/C24H27F2N5O2/c1-4-14-6-5-7-18(22(14)25)31(2)21-13-28-24(30-29-21)17-9-8-15(10-19(17)32)16-11-20(33-3)23(26)27-12-16/h8-14,18,22,32H,4-7H2,1-3H3/t14-,18+,22-/m1/s1. The Morgan fingerprint density at radius 3 is 2.61 bits per heavy atom. The molecule has 0 radical (unpaired) electrons. The topological polar surface area (TPSA) is 84.3 Å². The highest BCUT2D eigenvalue weighted by atomic mass is 19.1. The summed E-state index contributed by atoms with van der Waals surface area (Å²) >= 11 is 0. The Hall–Kier alpha value is -3.36. The van der Waals surface area contributed by atoms with E-state index in [1.54, 1.807) is 18.3 Å². The number of aromatic nitrogens is 4. The fourth-order valence-electron chi connectivity index (χ4n) is 4.41. The van der Waals surface area contributed by atoms with Crippen LogP contribution in [-0.2, 0) is 0 Å². The second kappa shape index (κ2) is 9.64. The van der Waals surface area contributed by atoms with E-state index in [-0.39, 0.29) is 29.3 Å². The number of methoxy groups -OCH3 is 1. The monoisotopic (exact) mass is 455 g/mol. The molecule has 1 N–H and O–H groups in total. The van der Waals surface area contributed by atoms with Crippen LogP contribution >= 0.6 is 0 Å². The number of halogens is 2. The number of phenols is 1. The van der Waals surface area contributed by atoms with Gasteiger partial charge in [-0.15, -0.1) is 10.2 Å². The summed E-state index contributed by atoms with van der Waals surface area (Å²) in [4.78, 5) is 9.84. The predicted octanol–water partition coefficient (Wildman–Crippen LogP) is 4.81. The van der Waals surface area contributed by atoms with Gasteiger partial charge < -0.3 is 14.7 Å². The van der Waals surface area contributed by atoms with Gasteiger partial charge in [-0.25, -0.2) is 14.4 Å². The number of anilines is 1. The van der Waals surface area contributed by atoms with Gasteiger partial charge in [-0.3, -0.25) is 0 Å². The Morgan fingerprint density at radius 2 is 1.94 bits per heavy atom. The minimum atomic E-state index is -0.911. The summed E-state index contributed by atoms with van der Waals surface area (Å²) < 4.78 is 33.5. The zero-order chi connectivity index (χ0) is 23.5. The van der Waals surface area contributed by atoms with E-state index in [9.17, 15) is 13.9 Å². The summed E-state index contributed by atoms with van der Waals surface area (Å²) in [6, 6.07) is 6.18. The van der Waals surface area contributed by atoms with Crippen LogP contribution in [0.4, 0.5) is 14.6 Å².